The second-order valence-electron chi connectivity index (χ2n) is 3.26. The van der Waals surface area contributed by atoms with Crippen LogP contribution >= 0.6 is 0 Å². The van der Waals surface area contributed by atoms with Gasteiger partial charge in [-0.3, -0.25) is 4.79 Å². The second kappa shape index (κ2) is 5.06. The number of amides is 1. The fourth-order valence-corrected chi connectivity index (χ4v) is 1.34. The number of nitrogens with zero attached hydrogens (tertiary/aromatic N) is 4. The molecule has 0 atom stereocenters. The molecule has 2 aromatic rings. The Morgan fingerprint density at radius 1 is 1.47 bits per heavy atom. The maximum absolute atomic E-state index is 11.7. The third-order valence-corrected chi connectivity index (χ3v) is 2.08. The Kier molecular flexibility index (Phi) is 3.29. The molecule has 0 aliphatic carbocycles. The lowest BCUT2D eigenvalue weighted by Crippen LogP contribution is -2.19. The summed E-state index contributed by atoms with van der Waals surface area (Å²) in [4.78, 5) is 11.7. The Bertz CT molecular complexity index is 497. The number of nitrogens with one attached hydrogen (secondary N) is 1. The molecule has 1 amide bonds. The van der Waals surface area contributed by atoms with E-state index < -0.39 is 0 Å². The summed E-state index contributed by atoms with van der Waals surface area (Å²) >= 11 is 0. The number of benzene rings is 1. The van der Waals surface area contributed by atoms with Crippen molar-refractivity contribution in [2.24, 2.45) is 0 Å². The lowest BCUT2D eigenvalue weighted by molar-refractivity contribution is -0.116. The van der Waals surface area contributed by atoms with E-state index in [2.05, 4.69) is 20.8 Å². The predicted molar refractivity (Wildman–Crippen MR) is 59.4 cm³/mol. The van der Waals surface area contributed by atoms with Crippen molar-refractivity contribution in [3.63, 3.8) is 0 Å². The van der Waals surface area contributed by atoms with Crippen LogP contribution in [0.5, 0.6) is 5.75 Å². The standard InChI is InChI=1S/C10H11N5O2/c1-17-9-5-3-2-4-8(9)12-10(16)6-15-7-11-13-14-15/h2-5,7H,6H2,1H3,(H,12,16). The molecule has 0 fully saturated rings. The SMILES string of the molecule is COc1ccccc1NC(=O)Cn1cnnn1. The third-order valence-electron chi connectivity index (χ3n) is 2.08. The molecular formula is C10H11N5O2. The Balaban J connectivity index is 2.03. The Morgan fingerprint density at radius 3 is 3.00 bits per heavy atom. The Morgan fingerprint density at radius 2 is 2.29 bits per heavy atom. The van der Waals surface area contributed by atoms with Crippen molar-refractivity contribution >= 4 is 11.6 Å². The number of aromatic nitrogens is 4. The molecule has 0 bridgehead atoms. The number of anilines is 1. The van der Waals surface area contributed by atoms with Crippen molar-refractivity contribution < 1.29 is 9.53 Å². The molecule has 0 saturated heterocycles. The van der Waals surface area contributed by atoms with E-state index >= 15 is 0 Å². The van der Waals surface area contributed by atoms with E-state index in [1.807, 2.05) is 12.1 Å². The van der Waals surface area contributed by atoms with Gasteiger partial charge in [0.25, 0.3) is 0 Å². The van der Waals surface area contributed by atoms with Crippen LogP contribution in [0.15, 0.2) is 30.6 Å². The quantitative estimate of drug-likeness (QED) is 0.822. The number of carbonyl (C=O) groups excluding carboxylic acids is 1. The number of hydrogen-bond acceptors (Lipinski definition) is 5. The zero-order valence-electron chi connectivity index (χ0n) is 9.20. The molecular weight excluding hydrogens is 222 g/mol. The van der Waals surface area contributed by atoms with Crippen molar-refractivity contribution in [2.75, 3.05) is 12.4 Å². The average Bonchev–Trinajstić information content (AvgIpc) is 2.82. The summed E-state index contributed by atoms with van der Waals surface area (Å²) in [5, 5.41) is 13.2. The summed E-state index contributed by atoms with van der Waals surface area (Å²) < 4.78 is 6.46. The van der Waals surface area contributed by atoms with E-state index in [0.29, 0.717) is 11.4 Å². The largest absolute Gasteiger partial charge is 0.495 e. The molecule has 0 radical (unpaired) electrons. The minimum atomic E-state index is -0.221. The van der Waals surface area contributed by atoms with Gasteiger partial charge in [0.15, 0.2) is 0 Å². The number of carbonyl (C=O) groups is 1. The van der Waals surface area contributed by atoms with Crippen LogP contribution in [0.1, 0.15) is 0 Å². The van der Waals surface area contributed by atoms with Gasteiger partial charge < -0.3 is 10.1 Å². The molecule has 1 aromatic carbocycles. The van der Waals surface area contributed by atoms with Crippen LogP contribution < -0.4 is 10.1 Å². The average molecular weight is 233 g/mol. The minimum Gasteiger partial charge on any atom is -0.495 e. The van der Waals surface area contributed by atoms with E-state index in [1.165, 1.54) is 11.0 Å². The van der Waals surface area contributed by atoms with Crippen LogP contribution in [0.25, 0.3) is 0 Å². The molecule has 2 rings (SSSR count). The highest BCUT2D eigenvalue weighted by Crippen LogP contribution is 2.22. The van der Waals surface area contributed by atoms with Gasteiger partial charge in [-0.15, -0.1) is 5.10 Å². The van der Waals surface area contributed by atoms with E-state index in [0.717, 1.165) is 0 Å². The zero-order valence-corrected chi connectivity index (χ0v) is 9.20. The van der Waals surface area contributed by atoms with Crippen LogP contribution in [0.3, 0.4) is 0 Å². The van der Waals surface area contributed by atoms with E-state index in [1.54, 1.807) is 19.2 Å². The van der Waals surface area contributed by atoms with Gasteiger partial charge in [-0.25, -0.2) is 4.68 Å². The molecule has 0 aliphatic heterocycles. The number of para-hydroxylation sites is 2. The van der Waals surface area contributed by atoms with Crippen LogP contribution in [0.2, 0.25) is 0 Å². The van der Waals surface area contributed by atoms with Crippen molar-refractivity contribution in [3.05, 3.63) is 30.6 Å². The van der Waals surface area contributed by atoms with Crippen LogP contribution in [0, 0.1) is 0 Å². The van der Waals surface area contributed by atoms with Gasteiger partial charge in [0.05, 0.1) is 12.8 Å². The first-order chi connectivity index (χ1) is 8.29. The number of rotatable bonds is 4. The Labute approximate surface area is 97.4 Å². The third kappa shape index (κ3) is 2.77. The summed E-state index contributed by atoms with van der Waals surface area (Å²) in [5.41, 5.74) is 0.619. The molecule has 1 heterocycles. The van der Waals surface area contributed by atoms with Gasteiger partial charge in [-0.2, -0.15) is 0 Å². The van der Waals surface area contributed by atoms with E-state index in [-0.39, 0.29) is 12.5 Å². The molecule has 17 heavy (non-hydrogen) atoms. The van der Waals surface area contributed by atoms with Gasteiger partial charge >= 0.3 is 0 Å². The van der Waals surface area contributed by atoms with Crippen molar-refractivity contribution in [1.29, 1.82) is 0 Å². The molecule has 7 heteroatoms. The van der Waals surface area contributed by atoms with Gasteiger partial charge in [0.1, 0.15) is 18.6 Å². The molecule has 1 N–H and O–H groups in total. The van der Waals surface area contributed by atoms with Gasteiger partial charge in [-0.05, 0) is 22.6 Å². The van der Waals surface area contributed by atoms with Gasteiger partial charge in [0, 0.05) is 0 Å². The first kappa shape index (κ1) is 11.1. The summed E-state index contributed by atoms with van der Waals surface area (Å²) in [6, 6.07) is 7.17. The maximum Gasteiger partial charge on any atom is 0.246 e. The number of ether oxygens (including phenoxy) is 1. The number of hydrogen-bond donors (Lipinski definition) is 1. The summed E-state index contributed by atoms with van der Waals surface area (Å²) in [6.07, 6.45) is 1.38. The first-order valence-corrected chi connectivity index (χ1v) is 4.93. The molecule has 0 spiro atoms. The zero-order chi connectivity index (χ0) is 12.1. The summed E-state index contributed by atoms with van der Waals surface area (Å²) in [7, 11) is 1.55. The van der Waals surface area contributed by atoms with Crippen LogP contribution in [-0.2, 0) is 11.3 Å². The first-order valence-electron chi connectivity index (χ1n) is 4.93. The lowest BCUT2D eigenvalue weighted by atomic mass is 10.3. The van der Waals surface area contributed by atoms with Crippen molar-refractivity contribution in [1.82, 2.24) is 20.2 Å². The molecule has 1 aromatic heterocycles. The fourth-order valence-electron chi connectivity index (χ4n) is 1.34. The van der Waals surface area contributed by atoms with Gasteiger partial charge in [-0.1, -0.05) is 12.1 Å². The van der Waals surface area contributed by atoms with E-state index in [4.69, 9.17) is 4.74 Å². The summed E-state index contributed by atoms with van der Waals surface area (Å²) in [6.45, 7) is 0.0606. The molecule has 0 unspecified atom stereocenters. The monoisotopic (exact) mass is 233 g/mol. The molecule has 88 valence electrons. The molecule has 7 nitrogen and oxygen atoms in total. The minimum absolute atomic E-state index is 0.0606. The lowest BCUT2D eigenvalue weighted by Gasteiger charge is -2.09. The number of methoxy groups -OCH3 is 1. The van der Waals surface area contributed by atoms with Crippen molar-refractivity contribution in [3.8, 4) is 5.75 Å². The molecule has 0 saturated carbocycles. The smallest absolute Gasteiger partial charge is 0.246 e. The van der Waals surface area contributed by atoms with Crippen LogP contribution in [0.4, 0.5) is 5.69 Å². The highest BCUT2D eigenvalue weighted by Gasteiger charge is 2.07. The van der Waals surface area contributed by atoms with Crippen molar-refractivity contribution in [2.45, 2.75) is 6.54 Å². The fraction of sp³-hybridized carbons (Fsp3) is 0.200. The highest BCUT2D eigenvalue weighted by atomic mass is 16.5. The highest BCUT2D eigenvalue weighted by molar-refractivity contribution is 5.91. The van der Waals surface area contributed by atoms with E-state index in [9.17, 15) is 4.79 Å². The van der Waals surface area contributed by atoms with Gasteiger partial charge in [0.2, 0.25) is 5.91 Å². The number of tetrazole rings is 1. The maximum atomic E-state index is 11.7. The topological polar surface area (TPSA) is 81.9 Å². The van der Waals surface area contributed by atoms with Crippen LogP contribution in [-0.4, -0.2) is 33.2 Å². The predicted octanol–water partition coefficient (Wildman–Crippen LogP) is 0.320. The Hall–Kier alpha value is -2.44. The molecule has 0 aliphatic rings. The normalized spacial score (nSPS) is 9.94. The summed E-state index contributed by atoms with van der Waals surface area (Å²) in [5.74, 6) is 0.388. The second-order valence-corrected chi connectivity index (χ2v) is 3.26.